The molecule has 0 aliphatic rings. The fourth-order valence-corrected chi connectivity index (χ4v) is 2.37. The molecule has 7 nitrogen and oxygen atoms in total. The Labute approximate surface area is 144 Å². The van der Waals surface area contributed by atoms with Crippen molar-refractivity contribution < 1.29 is 9.18 Å². The smallest absolute Gasteiger partial charge is 0.252 e. The Bertz CT molecular complexity index is 916. The summed E-state index contributed by atoms with van der Waals surface area (Å²) in [5, 5.41) is 7.28. The third kappa shape index (κ3) is 3.28. The van der Waals surface area contributed by atoms with Crippen molar-refractivity contribution in [2.75, 3.05) is 5.32 Å². The van der Waals surface area contributed by atoms with E-state index in [1.165, 1.54) is 20.0 Å². The average Bonchev–Trinajstić information content (AvgIpc) is 2.99. The Morgan fingerprint density at radius 1 is 1.36 bits per heavy atom. The first kappa shape index (κ1) is 16.8. The number of hydrogen-bond donors (Lipinski definition) is 2. The maximum Gasteiger partial charge on any atom is 0.252 e. The van der Waals surface area contributed by atoms with Crippen LogP contribution >= 0.6 is 0 Å². The van der Waals surface area contributed by atoms with Gasteiger partial charge in [0.05, 0.1) is 40.9 Å². The van der Waals surface area contributed by atoms with E-state index in [0.717, 1.165) is 5.56 Å². The molecule has 3 N–H and O–H groups in total. The van der Waals surface area contributed by atoms with Crippen molar-refractivity contribution in [3.05, 3.63) is 42.6 Å². The lowest BCUT2D eigenvalue weighted by Crippen LogP contribution is -2.36. The first-order valence-electron chi connectivity index (χ1n) is 7.80. The quantitative estimate of drug-likeness (QED) is 0.742. The second kappa shape index (κ2) is 6.12. The molecule has 0 aromatic carbocycles. The molecule has 3 heterocycles. The van der Waals surface area contributed by atoms with Gasteiger partial charge in [0.2, 0.25) is 0 Å². The molecule has 130 valence electrons. The van der Waals surface area contributed by atoms with Crippen LogP contribution in [0.1, 0.15) is 31.1 Å². The summed E-state index contributed by atoms with van der Waals surface area (Å²) >= 11 is 0. The number of hydrogen-bond acceptors (Lipinski definition) is 5. The SMILES string of the molecule is C[C@@H](Nc1c(C(N)=O)cnn2cc(-c3cnccn3)cc12)C(C)(C)F. The van der Waals surface area contributed by atoms with Crippen LogP contribution in [-0.4, -0.2) is 37.2 Å². The van der Waals surface area contributed by atoms with Crippen LogP contribution in [0.4, 0.5) is 10.1 Å². The van der Waals surface area contributed by atoms with Crippen molar-refractivity contribution in [3.8, 4) is 11.3 Å². The van der Waals surface area contributed by atoms with Gasteiger partial charge in [-0.15, -0.1) is 0 Å². The van der Waals surface area contributed by atoms with Crippen LogP contribution in [0.3, 0.4) is 0 Å². The summed E-state index contributed by atoms with van der Waals surface area (Å²) in [6.45, 7) is 4.64. The molecular formula is C17H19FN6O. The molecule has 1 atom stereocenters. The van der Waals surface area contributed by atoms with Crippen molar-refractivity contribution in [2.24, 2.45) is 5.73 Å². The second-order valence-corrected chi connectivity index (χ2v) is 6.38. The standard InChI is InChI=1S/C17H19FN6O/c1-10(17(2,3)18)23-15-12(16(19)25)7-22-24-9-11(6-14(15)24)13-8-20-4-5-21-13/h4-10,23H,1-3H3,(H2,19,25)/t10-/m1/s1. The third-order valence-corrected chi connectivity index (χ3v) is 4.15. The molecule has 0 unspecified atom stereocenters. The number of carbonyl (C=O) groups is 1. The molecule has 0 saturated heterocycles. The zero-order chi connectivity index (χ0) is 18.2. The minimum atomic E-state index is -1.49. The largest absolute Gasteiger partial charge is 0.377 e. The summed E-state index contributed by atoms with van der Waals surface area (Å²) < 4.78 is 15.8. The maximum absolute atomic E-state index is 14.3. The van der Waals surface area contributed by atoms with Gasteiger partial charge in [-0.2, -0.15) is 5.10 Å². The summed E-state index contributed by atoms with van der Waals surface area (Å²) in [5.74, 6) is -0.636. The van der Waals surface area contributed by atoms with Crippen LogP contribution in [-0.2, 0) is 0 Å². The average molecular weight is 342 g/mol. The molecule has 1 amide bonds. The molecule has 0 fully saturated rings. The number of anilines is 1. The summed E-state index contributed by atoms with van der Waals surface area (Å²) in [6, 6.07) is 1.26. The molecule has 0 bridgehead atoms. The van der Waals surface area contributed by atoms with E-state index in [1.807, 2.05) is 6.07 Å². The Hall–Kier alpha value is -3.03. The van der Waals surface area contributed by atoms with Crippen LogP contribution in [0.2, 0.25) is 0 Å². The predicted octanol–water partition coefficient (Wildman–Crippen LogP) is 2.44. The van der Waals surface area contributed by atoms with Gasteiger partial charge in [-0.05, 0) is 26.8 Å². The molecule has 0 aliphatic heterocycles. The molecule has 25 heavy (non-hydrogen) atoms. The lowest BCUT2D eigenvalue weighted by molar-refractivity contribution is 0.1000. The lowest BCUT2D eigenvalue weighted by atomic mass is 10.0. The van der Waals surface area contributed by atoms with Crippen LogP contribution in [0.25, 0.3) is 16.8 Å². The van der Waals surface area contributed by atoms with E-state index in [1.54, 1.807) is 36.2 Å². The lowest BCUT2D eigenvalue weighted by Gasteiger charge is -2.26. The Kier molecular flexibility index (Phi) is 4.12. The number of alkyl halides is 1. The third-order valence-electron chi connectivity index (χ3n) is 4.15. The summed E-state index contributed by atoms with van der Waals surface area (Å²) in [7, 11) is 0. The molecule has 3 aromatic heterocycles. The van der Waals surface area contributed by atoms with Crippen molar-refractivity contribution in [1.29, 1.82) is 0 Å². The van der Waals surface area contributed by atoms with Crippen molar-refractivity contribution in [2.45, 2.75) is 32.5 Å². The highest BCUT2D eigenvalue weighted by atomic mass is 19.1. The van der Waals surface area contributed by atoms with E-state index in [-0.39, 0.29) is 5.56 Å². The Morgan fingerprint density at radius 3 is 2.72 bits per heavy atom. The monoisotopic (exact) mass is 342 g/mol. The van der Waals surface area contributed by atoms with Crippen LogP contribution < -0.4 is 11.1 Å². The molecule has 0 radical (unpaired) electrons. The number of nitrogens with two attached hydrogens (primary N) is 1. The van der Waals surface area contributed by atoms with Gasteiger partial charge in [0, 0.05) is 24.2 Å². The van der Waals surface area contributed by atoms with E-state index in [9.17, 15) is 9.18 Å². The topological polar surface area (TPSA) is 98.2 Å². The summed E-state index contributed by atoms with van der Waals surface area (Å²) in [6.07, 6.45) is 7.94. The van der Waals surface area contributed by atoms with Crippen LogP contribution in [0.5, 0.6) is 0 Å². The number of fused-ring (bicyclic) bond motifs is 1. The Balaban J connectivity index is 2.15. The van der Waals surface area contributed by atoms with Gasteiger partial charge < -0.3 is 11.1 Å². The van der Waals surface area contributed by atoms with E-state index in [4.69, 9.17) is 5.73 Å². The predicted molar refractivity (Wildman–Crippen MR) is 93.0 cm³/mol. The normalized spacial score (nSPS) is 13.0. The van der Waals surface area contributed by atoms with E-state index >= 15 is 0 Å². The second-order valence-electron chi connectivity index (χ2n) is 6.38. The van der Waals surface area contributed by atoms with Crippen LogP contribution in [0.15, 0.2) is 37.1 Å². The van der Waals surface area contributed by atoms with E-state index < -0.39 is 17.6 Å². The number of carbonyl (C=O) groups excluding carboxylic acids is 1. The number of nitrogens with zero attached hydrogens (tertiary/aromatic N) is 4. The first-order valence-corrected chi connectivity index (χ1v) is 7.80. The van der Waals surface area contributed by atoms with E-state index in [2.05, 4.69) is 20.4 Å². The fraction of sp³-hybridized carbons (Fsp3) is 0.294. The maximum atomic E-state index is 14.3. The molecule has 0 aliphatic carbocycles. The van der Waals surface area contributed by atoms with Gasteiger partial charge in [0.25, 0.3) is 5.91 Å². The zero-order valence-corrected chi connectivity index (χ0v) is 14.2. The fourth-order valence-electron chi connectivity index (χ4n) is 2.37. The number of primary amides is 1. The molecule has 0 saturated carbocycles. The summed E-state index contributed by atoms with van der Waals surface area (Å²) in [5.41, 5.74) is 6.66. The van der Waals surface area contributed by atoms with E-state index in [0.29, 0.717) is 16.9 Å². The highest BCUT2D eigenvalue weighted by molar-refractivity contribution is 6.02. The van der Waals surface area contributed by atoms with Gasteiger partial charge >= 0.3 is 0 Å². The van der Waals surface area contributed by atoms with Crippen molar-refractivity contribution in [3.63, 3.8) is 0 Å². The number of aromatic nitrogens is 4. The molecule has 3 rings (SSSR count). The molecular weight excluding hydrogens is 323 g/mol. The highest BCUT2D eigenvalue weighted by Crippen LogP contribution is 2.29. The highest BCUT2D eigenvalue weighted by Gasteiger charge is 2.27. The molecule has 3 aromatic rings. The Morgan fingerprint density at radius 2 is 2.12 bits per heavy atom. The van der Waals surface area contributed by atoms with Gasteiger partial charge in [0.1, 0.15) is 5.67 Å². The number of amides is 1. The number of halogens is 1. The molecule has 8 heteroatoms. The minimum Gasteiger partial charge on any atom is -0.377 e. The van der Waals surface area contributed by atoms with Gasteiger partial charge in [0.15, 0.2) is 0 Å². The zero-order valence-electron chi connectivity index (χ0n) is 14.2. The first-order chi connectivity index (χ1) is 11.8. The van der Waals surface area contributed by atoms with Gasteiger partial charge in [-0.25, -0.2) is 8.91 Å². The van der Waals surface area contributed by atoms with Crippen molar-refractivity contribution >= 4 is 17.1 Å². The van der Waals surface area contributed by atoms with Crippen LogP contribution in [0, 0.1) is 0 Å². The van der Waals surface area contributed by atoms with Gasteiger partial charge in [-0.3, -0.25) is 14.8 Å². The minimum absolute atomic E-state index is 0.201. The van der Waals surface area contributed by atoms with Gasteiger partial charge in [-0.1, -0.05) is 0 Å². The number of rotatable bonds is 5. The number of nitrogens with one attached hydrogen (secondary N) is 1. The summed E-state index contributed by atoms with van der Waals surface area (Å²) in [4.78, 5) is 20.1. The van der Waals surface area contributed by atoms with Crippen molar-refractivity contribution in [1.82, 2.24) is 19.6 Å². The molecule has 0 spiro atoms.